The number of methoxy groups -OCH3 is 1. The quantitative estimate of drug-likeness (QED) is 0.507. The van der Waals surface area contributed by atoms with Crippen LogP contribution in [0.2, 0.25) is 0 Å². The van der Waals surface area contributed by atoms with Gasteiger partial charge in [0.25, 0.3) is 0 Å². The predicted molar refractivity (Wildman–Crippen MR) is 56.5 cm³/mol. The molecule has 4 heteroatoms. The van der Waals surface area contributed by atoms with Crippen LogP contribution in [0.15, 0.2) is 0 Å². The van der Waals surface area contributed by atoms with E-state index in [-0.39, 0.29) is 6.61 Å². The van der Waals surface area contributed by atoms with Gasteiger partial charge in [-0.05, 0) is 26.3 Å². The second kappa shape index (κ2) is 10.9. The Bertz CT molecular complexity index is 112. The summed E-state index contributed by atoms with van der Waals surface area (Å²) in [5.41, 5.74) is 0. The molecule has 0 radical (unpaired) electrons. The molecule has 2 N–H and O–H groups in total. The second-order valence-corrected chi connectivity index (χ2v) is 3.33. The standard InChI is InChI=1S/C10H23NO3/c1-10(4-6-12)11-5-3-7-14-9-8-13-2/h10-12H,3-9H2,1-2H3. The Morgan fingerprint density at radius 1 is 1.29 bits per heavy atom. The molecule has 0 amide bonds. The van der Waals surface area contributed by atoms with Crippen LogP contribution in [0.25, 0.3) is 0 Å². The minimum absolute atomic E-state index is 0.249. The fraction of sp³-hybridized carbons (Fsp3) is 1.00. The average Bonchev–Trinajstić information content (AvgIpc) is 2.17. The summed E-state index contributed by atoms with van der Waals surface area (Å²) in [5.74, 6) is 0. The Morgan fingerprint density at radius 2 is 2.07 bits per heavy atom. The molecule has 0 aromatic rings. The highest BCUT2D eigenvalue weighted by Gasteiger charge is 1.98. The molecule has 0 aliphatic heterocycles. The molecule has 0 bridgehead atoms. The van der Waals surface area contributed by atoms with Crippen LogP contribution in [0.1, 0.15) is 19.8 Å². The van der Waals surface area contributed by atoms with Crippen LogP contribution in [0.5, 0.6) is 0 Å². The van der Waals surface area contributed by atoms with Gasteiger partial charge in [0.05, 0.1) is 13.2 Å². The van der Waals surface area contributed by atoms with Crippen molar-refractivity contribution in [1.82, 2.24) is 5.32 Å². The number of hydrogen-bond donors (Lipinski definition) is 2. The SMILES string of the molecule is COCCOCCCNC(C)CCO. The van der Waals surface area contributed by atoms with Gasteiger partial charge in [-0.15, -0.1) is 0 Å². The Kier molecular flexibility index (Phi) is 10.8. The lowest BCUT2D eigenvalue weighted by Crippen LogP contribution is -2.28. The molecule has 86 valence electrons. The molecule has 1 atom stereocenters. The van der Waals surface area contributed by atoms with E-state index in [1.54, 1.807) is 7.11 Å². The highest BCUT2D eigenvalue weighted by molar-refractivity contribution is 4.58. The molecule has 0 saturated carbocycles. The number of aliphatic hydroxyl groups is 1. The maximum Gasteiger partial charge on any atom is 0.0700 e. The number of rotatable bonds is 10. The molecule has 0 rings (SSSR count). The molecular weight excluding hydrogens is 182 g/mol. The van der Waals surface area contributed by atoms with E-state index >= 15 is 0 Å². The minimum atomic E-state index is 0.249. The summed E-state index contributed by atoms with van der Waals surface area (Å²) >= 11 is 0. The van der Waals surface area contributed by atoms with Crippen LogP contribution in [0.4, 0.5) is 0 Å². The minimum Gasteiger partial charge on any atom is -0.396 e. The van der Waals surface area contributed by atoms with Gasteiger partial charge in [0.2, 0.25) is 0 Å². The van der Waals surface area contributed by atoms with Crippen LogP contribution in [-0.2, 0) is 9.47 Å². The van der Waals surface area contributed by atoms with E-state index in [1.807, 2.05) is 0 Å². The normalized spacial score (nSPS) is 13.1. The van der Waals surface area contributed by atoms with Crippen molar-refractivity contribution in [3.8, 4) is 0 Å². The fourth-order valence-corrected chi connectivity index (χ4v) is 1.06. The van der Waals surface area contributed by atoms with Crippen molar-refractivity contribution in [3.05, 3.63) is 0 Å². The van der Waals surface area contributed by atoms with Crippen molar-refractivity contribution in [2.45, 2.75) is 25.8 Å². The van der Waals surface area contributed by atoms with E-state index in [2.05, 4.69) is 12.2 Å². The first-order valence-electron chi connectivity index (χ1n) is 5.22. The number of aliphatic hydroxyl groups excluding tert-OH is 1. The molecule has 14 heavy (non-hydrogen) atoms. The lowest BCUT2D eigenvalue weighted by atomic mass is 10.2. The third-order valence-corrected chi connectivity index (χ3v) is 1.95. The molecule has 0 spiro atoms. The van der Waals surface area contributed by atoms with Crippen molar-refractivity contribution < 1.29 is 14.6 Å². The summed E-state index contributed by atoms with van der Waals surface area (Å²) in [6.45, 7) is 5.36. The van der Waals surface area contributed by atoms with Crippen molar-refractivity contribution in [1.29, 1.82) is 0 Å². The van der Waals surface area contributed by atoms with Crippen LogP contribution in [-0.4, -0.2) is 51.2 Å². The summed E-state index contributed by atoms with van der Waals surface area (Å²) in [6.07, 6.45) is 1.81. The van der Waals surface area contributed by atoms with Crippen LogP contribution in [0, 0.1) is 0 Å². The second-order valence-electron chi connectivity index (χ2n) is 3.33. The Morgan fingerprint density at radius 3 is 2.71 bits per heavy atom. The van der Waals surface area contributed by atoms with Crippen LogP contribution >= 0.6 is 0 Å². The summed E-state index contributed by atoms with van der Waals surface area (Å²) in [5, 5.41) is 12.0. The summed E-state index contributed by atoms with van der Waals surface area (Å²) in [4.78, 5) is 0. The monoisotopic (exact) mass is 205 g/mol. The Balaban J connectivity index is 2.98. The molecule has 0 aromatic heterocycles. The van der Waals surface area contributed by atoms with E-state index in [0.717, 1.165) is 26.0 Å². The molecule has 0 aliphatic carbocycles. The largest absolute Gasteiger partial charge is 0.396 e. The smallest absolute Gasteiger partial charge is 0.0700 e. The molecule has 0 aromatic carbocycles. The maximum absolute atomic E-state index is 8.66. The fourth-order valence-electron chi connectivity index (χ4n) is 1.06. The highest BCUT2D eigenvalue weighted by atomic mass is 16.5. The van der Waals surface area contributed by atoms with Crippen LogP contribution in [0.3, 0.4) is 0 Å². The molecule has 0 fully saturated rings. The molecule has 0 saturated heterocycles. The van der Waals surface area contributed by atoms with Crippen LogP contribution < -0.4 is 5.32 Å². The van der Waals surface area contributed by atoms with Gasteiger partial charge in [0.1, 0.15) is 0 Å². The summed E-state index contributed by atoms with van der Waals surface area (Å²) < 4.78 is 10.2. The van der Waals surface area contributed by atoms with Gasteiger partial charge < -0.3 is 19.9 Å². The zero-order valence-corrected chi connectivity index (χ0v) is 9.29. The topological polar surface area (TPSA) is 50.7 Å². The zero-order chi connectivity index (χ0) is 10.6. The molecular formula is C10H23NO3. The van der Waals surface area contributed by atoms with Crippen molar-refractivity contribution in [2.24, 2.45) is 0 Å². The van der Waals surface area contributed by atoms with E-state index < -0.39 is 0 Å². The van der Waals surface area contributed by atoms with Gasteiger partial charge in [-0.2, -0.15) is 0 Å². The first-order valence-corrected chi connectivity index (χ1v) is 5.22. The highest BCUT2D eigenvalue weighted by Crippen LogP contribution is 1.89. The van der Waals surface area contributed by atoms with Crippen molar-refractivity contribution >= 4 is 0 Å². The number of hydrogen-bond acceptors (Lipinski definition) is 4. The van der Waals surface area contributed by atoms with Crippen molar-refractivity contribution in [3.63, 3.8) is 0 Å². The van der Waals surface area contributed by atoms with E-state index in [9.17, 15) is 0 Å². The summed E-state index contributed by atoms with van der Waals surface area (Å²) in [6, 6.07) is 0.388. The van der Waals surface area contributed by atoms with Gasteiger partial charge in [0.15, 0.2) is 0 Å². The van der Waals surface area contributed by atoms with Gasteiger partial charge in [-0.1, -0.05) is 0 Å². The zero-order valence-electron chi connectivity index (χ0n) is 9.29. The van der Waals surface area contributed by atoms with Gasteiger partial charge >= 0.3 is 0 Å². The molecule has 1 unspecified atom stereocenters. The molecule has 0 aliphatic rings. The first-order chi connectivity index (χ1) is 6.81. The van der Waals surface area contributed by atoms with Gasteiger partial charge in [0, 0.05) is 26.4 Å². The number of ether oxygens (including phenoxy) is 2. The summed E-state index contributed by atoms with van der Waals surface area (Å²) in [7, 11) is 1.67. The Labute approximate surface area is 86.6 Å². The average molecular weight is 205 g/mol. The van der Waals surface area contributed by atoms with Gasteiger partial charge in [-0.25, -0.2) is 0 Å². The van der Waals surface area contributed by atoms with Crippen molar-refractivity contribution in [2.75, 3.05) is 40.1 Å². The van der Waals surface area contributed by atoms with Gasteiger partial charge in [-0.3, -0.25) is 0 Å². The lowest BCUT2D eigenvalue weighted by molar-refractivity contribution is 0.0692. The maximum atomic E-state index is 8.66. The molecule has 4 nitrogen and oxygen atoms in total. The van der Waals surface area contributed by atoms with E-state index in [1.165, 1.54) is 0 Å². The first kappa shape index (κ1) is 13.8. The third-order valence-electron chi connectivity index (χ3n) is 1.95. The van der Waals surface area contributed by atoms with E-state index in [4.69, 9.17) is 14.6 Å². The molecule has 0 heterocycles. The van der Waals surface area contributed by atoms with E-state index in [0.29, 0.717) is 19.3 Å². The third kappa shape index (κ3) is 9.92. The number of nitrogens with one attached hydrogen (secondary N) is 1. The lowest BCUT2D eigenvalue weighted by Gasteiger charge is -2.11. The Hall–Kier alpha value is -0.160. The predicted octanol–water partition coefficient (Wildman–Crippen LogP) is 0.400.